The summed E-state index contributed by atoms with van der Waals surface area (Å²) in [7, 11) is 0.609. The standard InChI is InChI=1S/C26H29N3O9S/c1-35-16-4-6-17(7-5-16)39(33,34)28-14-12-27(13-15-28)24(31)19-9-11-21(30)29(19)25-18-8-10-20(36-2)23(37-3)22(18)26(32)38-25/h4-8,10,19,25H,9,11-15H2,1-3H3/t19-,25-/m0/s1. The zero-order valence-electron chi connectivity index (χ0n) is 21.8. The van der Waals surface area contributed by atoms with Gasteiger partial charge in [0.1, 0.15) is 17.4 Å². The summed E-state index contributed by atoms with van der Waals surface area (Å²) < 4.78 is 48.9. The first-order valence-corrected chi connectivity index (χ1v) is 13.8. The summed E-state index contributed by atoms with van der Waals surface area (Å²) in [5, 5.41) is 0. The van der Waals surface area contributed by atoms with Crippen LogP contribution in [-0.4, -0.2) is 93.9 Å². The Balaban J connectivity index is 1.32. The molecule has 2 amide bonds. The minimum absolute atomic E-state index is 0.110. The van der Waals surface area contributed by atoms with E-state index >= 15 is 0 Å². The lowest BCUT2D eigenvalue weighted by atomic mass is 10.0. The molecule has 2 fully saturated rings. The topological polar surface area (TPSA) is 132 Å². The van der Waals surface area contributed by atoms with Gasteiger partial charge in [-0.25, -0.2) is 13.2 Å². The van der Waals surface area contributed by atoms with Crippen molar-refractivity contribution in [3.05, 3.63) is 47.5 Å². The molecule has 0 N–H and O–H groups in total. The van der Waals surface area contributed by atoms with Gasteiger partial charge < -0.3 is 23.8 Å². The lowest BCUT2D eigenvalue weighted by Gasteiger charge is -2.37. The van der Waals surface area contributed by atoms with Crippen molar-refractivity contribution in [3.63, 3.8) is 0 Å². The van der Waals surface area contributed by atoms with Crippen molar-refractivity contribution in [3.8, 4) is 17.2 Å². The van der Waals surface area contributed by atoms with Crippen LogP contribution in [0.15, 0.2) is 41.3 Å². The number of benzene rings is 2. The Labute approximate surface area is 226 Å². The van der Waals surface area contributed by atoms with E-state index < -0.39 is 28.3 Å². The summed E-state index contributed by atoms with van der Waals surface area (Å²) in [5.41, 5.74) is 0.575. The van der Waals surface area contributed by atoms with Crippen LogP contribution in [0.3, 0.4) is 0 Å². The highest BCUT2D eigenvalue weighted by atomic mass is 32.2. The van der Waals surface area contributed by atoms with Crippen LogP contribution in [0.2, 0.25) is 0 Å². The highest BCUT2D eigenvalue weighted by Crippen LogP contribution is 2.45. The summed E-state index contributed by atoms with van der Waals surface area (Å²) in [4.78, 5) is 42.3. The summed E-state index contributed by atoms with van der Waals surface area (Å²) in [5.74, 6) is -0.202. The third kappa shape index (κ3) is 4.55. The van der Waals surface area contributed by atoms with Crippen molar-refractivity contribution in [2.24, 2.45) is 0 Å². The van der Waals surface area contributed by atoms with Crippen molar-refractivity contribution >= 4 is 27.8 Å². The molecule has 208 valence electrons. The summed E-state index contributed by atoms with van der Waals surface area (Å²) in [6.07, 6.45) is -0.689. The number of cyclic esters (lactones) is 1. The molecule has 2 saturated heterocycles. The third-order valence-corrected chi connectivity index (χ3v) is 9.22. The number of ether oxygens (including phenoxy) is 4. The second-order valence-electron chi connectivity index (χ2n) is 9.28. The minimum Gasteiger partial charge on any atom is -0.497 e. The van der Waals surface area contributed by atoms with E-state index in [1.54, 1.807) is 29.2 Å². The molecule has 0 bridgehead atoms. The maximum Gasteiger partial charge on any atom is 0.344 e. The third-order valence-electron chi connectivity index (χ3n) is 7.31. The van der Waals surface area contributed by atoms with Gasteiger partial charge in [-0.3, -0.25) is 14.5 Å². The molecule has 2 atom stereocenters. The van der Waals surface area contributed by atoms with E-state index in [4.69, 9.17) is 18.9 Å². The molecule has 13 heteroatoms. The van der Waals surface area contributed by atoms with E-state index in [1.165, 1.54) is 42.7 Å². The first-order valence-electron chi connectivity index (χ1n) is 12.4. The van der Waals surface area contributed by atoms with E-state index in [0.29, 0.717) is 17.1 Å². The number of fused-ring (bicyclic) bond motifs is 1. The predicted molar refractivity (Wildman–Crippen MR) is 136 cm³/mol. The predicted octanol–water partition coefficient (Wildman–Crippen LogP) is 1.41. The molecule has 0 saturated carbocycles. The number of esters is 1. The normalized spacial score (nSPS) is 21.5. The van der Waals surface area contributed by atoms with E-state index in [0.717, 1.165) is 0 Å². The Morgan fingerprint density at radius 3 is 2.23 bits per heavy atom. The van der Waals surface area contributed by atoms with Gasteiger partial charge in [0, 0.05) is 38.2 Å². The molecule has 0 aliphatic carbocycles. The molecule has 12 nitrogen and oxygen atoms in total. The highest BCUT2D eigenvalue weighted by Gasteiger charge is 2.49. The van der Waals surface area contributed by atoms with Gasteiger partial charge >= 0.3 is 5.97 Å². The SMILES string of the molecule is COc1ccc(S(=O)(=O)N2CCN(C(=O)[C@@H]3CCC(=O)N3[C@H]3OC(=O)c4c3ccc(OC)c4OC)CC2)cc1. The highest BCUT2D eigenvalue weighted by molar-refractivity contribution is 7.89. The molecule has 5 rings (SSSR count). The molecule has 2 aromatic rings. The van der Waals surface area contributed by atoms with Gasteiger partial charge in [0.2, 0.25) is 28.1 Å². The van der Waals surface area contributed by atoms with E-state index in [2.05, 4.69) is 0 Å². The van der Waals surface area contributed by atoms with Crippen LogP contribution in [0.25, 0.3) is 0 Å². The van der Waals surface area contributed by atoms with Crippen molar-refractivity contribution < 1.29 is 41.7 Å². The van der Waals surface area contributed by atoms with E-state index in [1.807, 2.05) is 0 Å². The number of amides is 2. The number of methoxy groups -OCH3 is 3. The first kappa shape index (κ1) is 26.8. The molecule has 3 heterocycles. The molecule has 3 aliphatic heterocycles. The minimum atomic E-state index is -3.74. The molecule has 0 unspecified atom stereocenters. The van der Waals surface area contributed by atoms with Crippen LogP contribution in [-0.2, 0) is 24.3 Å². The zero-order valence-corrected chi connectivity index (χ0v) is 22.6. The van der Waals surface area contributed by atoms with Crippen LogP contribution in [0, 0.1) is 0 Å². The Morgan fingerprint density at radius 2 is 1.62 bits per heavy atom. The second-order valence-corrected chi connectivity index (χ2v) is 11.2. The molecule has 0 spiro atoms. The van der Waals surface area contributed by atoms with Crippen molar-refractivity contribution in [2.45, 2.75) is 30.0 Å². The van der Waals surface area contributed by atoms with Crippen LogP contribution >= 0.6 is 0 Å². The summed E-state index contributed by atoms with van der Waals surface area (Å²) in [6.45, 7) is 0.551. The number of carbonyl (C=O) groups is 3. The number of carbonyl (C=O) groups excluding carboxylic acids is 3. The second kappa shape index (κ2) is 10.4. The van der Waals surface area contributed by atoms with Crippen LogP contribution < -0.4 is 14.2 Å². The van der Waals surface area contributed by atoms with Crippen molar-refractivity contribution in [1.82, 2.24) is 14.1 Å². The molecular weight excluding hydrogens is 530 g/mol. The lowest BCUT2D eigenvalue weighted by Crippen LogP contribution is -2.55. The molecule has 2 aromatic carbocycles. The van der Waals surface area contributed by atoms with Gasteiger partial charge in [0.25, 0.3) is 0 Å². The number of likely N-dealkylation sites (tertiary alicyclic amines) is 1. The molecule has 0 aromatic heterocycles. The van der Waals surface area contributed by atoms with Gasteiger partial charge in [-0.15, -0.1) is 0 Å². The van der Waals surface area contributed by atoms with Gasteiger partial charge in [-0.1, -0.05) is 0 Å². The van der Waals surface area contributed by atoms with Crippen molar-refractivity contribution in [2.75, 3.05) is 47.5 Å². The number of piperazine rings is 1. The fourth-order valence-corrected chi connectivity index (χ4v) is 6.71. The average molecular weight is 560 g/mol. The van der Waals surface area contributed by atoms with Crippen LogP contribution in [0.4, 0.5) is 0 Å². The molecule has 3 aliphatic rings. The van der Waals surface area contributed by atoms with Gasteiger partial charge in [0.15, 0.2) is 11.5 Å². The van der Waals surface area contributed by atoms with Gasteiger partial charge in [-0.2, -0.15) is 4.31 Å². The largest absolute Gasteiger partial charge is 0.497 e. The molecular formula is C26H29N3O9S. The van der Waals surface area contributed by atoms with Crippen molar-refractivity contribution in [1.29, 1.82) is 0 Å². The van der Waals surface area contributed by atoms with E-state index in [9.17, 15) is 22.8 Å². The number of rotatable bonds is 7. The molecule has 39 heavy (non-hydrogen) atoms. The molecule has 0 radical (unpaired) electrons. The Bertz CT molecular complexity index is 1400. The first-order chi connectivity index (χ1) is 18.7. The van der Waals surface area contributed by atoms with Crippen LogP contribution in [0.1, 0.15) is 35.0 Å². The fourth-order valence-electron chi connectivity index (χ4n) is 5.28. The monoisotopic (exact) mass is 559 g/mol. The number of nitrogens with zero attached hydrogens (tertiary/aromatic N) is 3. The van der Waals surface area contributed by atoms with Gasteiger partial charge in [-0.05, 0) is 42.8 Å². The van der Waals surface area contributed by atoms with Crippen LogP contribution in [0.5, 0.6) is 17.2 Å². The number of hydrogen-bond donors (Lipinski definition) is 0. The maximum absolute atomic E-state index is 13.6. The smallest absolute Gasteiger partial charge is 0.344 e. The Kier molecular flexibility index (Phi) is 7.12. The quantitative estimate of drug-likeness (QED) is 0.462. The Morgan fingerprint density at radius 1 is 0.923 bits per heavy atom. The average Bonchev–Trinajstić information content (AvgIpc) is 3.50. The summed E-state index contributed by atoms with van der Waals surface area (Å²) >= 11 is 0. The van der Waals surface area contributed by atoms with E-state index in [-0.39, 0.29) is 67.0 Å². The lowest BCUT2D eigenvalue weighted by molar-refractivity contribution is -0.151. The maximum atomic E-state index is 13.6. The Hall–Kier alpha value is -3.84. The number of sulfonamides is 1. The zero-order chi connectivity index (χ0) is 27.9. The summed E-state index contributed by atoms with van der Waals surface area (Å²) in [6, 6.07) is 8.53. The number of hydrogen-bond acceptors (Lipinski definition) is 9. The van der Waals surface area contributed by atoms with Gasteiger partial charge in [0.05, 0.1) is 26.2 Å². The fraction of sp³-hybridized carbons (Fsp3) is 0.423.